The molecule has 1 heterocycles. The van der Waals surface area contributed by atoms with E-state index in [1.54, 1.807) is 6.92 Å². The zero-order valence-electron chi connectivity index (χ0n) is 8.16. The van der Waals surface area contributed by atoms with Crippen LogP contribution in [0, 0.1) is 6.92 Å². The number of aromatic nitrogens is 2. The lowest BCUT2D eigenvalue weighted by Crippen LogP contribution is -2.33. The molecule has 0 saturated heterocycles. The summed E-state index contributed by atoms with van der Waals surface area (Å²) in [5.41, 5.74) is 0. The highest BCUT2D eigenvalue weighted by Gasteiger charge is 2.26. The summed E-state index contributed by atoms with van der Waals surface area (Å²) < 4.78 is 18.0. The van der Waals surface area contributed by atoms with Crippen LogP contribution in [0.1, 0.15) is 31.0 Å². The van der Waals surface area contributed by atoms with Crippen LogP contribution in [0.2, 0.25) is 0 Å². The standard InChI is InChI=1S/C9H14FN3O/c1-6-12-9(13-14-6)5-11-8-4-2-3-7(8)10/h7-8,11H,2-5H2,1H3. The summed E-state index contributed by atoms with van der Waals surface area (Å²) in [5.74, 6) is 1.15. The molecule has 14 heavy (non-hydrogen) atoms. The van der Waals surface area contributed by atoms with Crippen molar-refractivity contribution in [3.05, 3.63) is 11.7 Å². The molecule has 2 rings (SSSR count). The van der Waals surface area contributed by atoms with Gasteiger partial charge in [0.25, 0.3) is 0 Å². The van der Waals surface area contributed by atoms with Crippen molar-refractivity contribution in [1.29, 1.82) is 0 Å². The van der Waals surface area contributed by atoms with Gasteiger partial charge in [-0.25, -0.2) is 4.39 Å². The zero-order valence-corrected chi connectivity index (χ0v) is 8.16. The van der Waals surface area contributed by atoms with Crippen LogP contribution in [-0.4, -0.2) is 22.4 Å². The highest BCUT2D eigenvalue weighted by Crippen LogP contribution is 2.21. The summed E-state index contributed by atoms with van der Waals surface area (Å²) in [6.45, 7) is 2.23. The van der Waals surface area contributed by atoms with Crippen LogP contribution in [0.4, 0.5) is 4.39 Å². The van der Waals surface area contributed by atoms with Gasteiger partial charge in [0, 0.05) is 13.0 Å². The first-order valence-corrected chi connectivity index (χ1v) is 4.92. The normalized spacial score (nSPS) is 27.0. The minimum Gasteiger partial charge on any atom is -0.340 e. The van der Waals surface area contributed by atoms with Crippen molar-refractivity contribution in [1.82, 2.24) is 15.5 Å². The van der Waals surface area contributed by atoms with Crippen molar-refractivity contribution in [3.8, 4) is 0 Å². The van der Waals surface area contributed by atoms with Crippen molar-refractivity contribution >= 4 is 0 Å². The van der Waals surface area contributed by atoms with Crippen molar-refractivity contribution in [2.75, 3.05) is 0 Å². The van der Waals surface area contributed by atoms with Crippen LogP contribution < -0.4 is 5.32 Å². The van der Waals surface area contributed by atoms with E-state index in [0.29, 0.717) is 24.7 Å². The maximum atomic E-state index is 13.2. The lowest BCUT2D eigenvalue weighted by Gasteiger charge is -2.12. The molecular formula is C9H14FN3O. The van der Waals surface area contributed by atoms with E-state index in [1.165, 1.54) is 0 Å². The van der Waals surface area contributed by atoms with Crippen LogP contribution in [0.25, 0.3) is 0 Å². The van der Waals surface area contributed by atoms with E-state index in [0.717, 1.165) is 12.8 Å². The van der Waals surface area contributed by atoms with Gasteiger partial charge in [-0.2, -0.15) is 4.98 Å². The predicted molar refractivity (Wildman–Crippen MR) is 48.4 cm³/mol. The van der Waals surface area contributed by atoms with E-state index in [2.05, 4.69) is 15.5 Å². The summed E-state index contributed by atoms with van der Waals surface area (Å²) in [4.78, 5) is 4.03. The molecule has 1 aliphatic carbocycles. The lowest BCUT2D eigenvalue weighted by molar-refractivity contribution is 0.277. The first kappa shape index (κ1) is 9.58. The molecule has 1 fully saturated rings. The lowest BCUT2D eigenvalue weighted by atomic mass is 10.2. The van der Waals surface area contributed by atoms with Crippen LogP contribution in [0.5, 0.6) is 0 Å². The van der Waals surface area contributed by atoms with E-state index >= 15 is 0 Å². The molecule has 1 aliphatic rings. The first-order chi connectivity index (χ1) is 6.75. The Morgan fingerprint density at radius 3 is 3.00 bits per heavy atom. The van der Waals surface area contributed by atoms with E-state index in [9.17, 15) is 4.39 Å². The van der Waals surface area contributed by atoms with E-state index in [4.69, 9.17) is 4.52 Å². The van der Waals surface area contributed by atoms with E-state index in [1.807, 2.05) is 0 Å². The molecule has 0 bridgehead atoms. The minimum absolute atomic E-state index is 0.0335. The Labute approximate surface area is 81.9 Å². The van der Waals surface area contributed by atoms with Gasteiger partial charge in [0.1, 0.15) is 6.17 Å². The molecule has 1 N–H and O–H groups in total. The van der Waals surface area contributed by atoms with Gasteiger partial charge in [-0.1, -0.05) is 5.16 Å². The number of hydrogen-bond acceptors (Lipinski definition) is 4. The average molecular weight is 199 g/mol. The van der Waals surface area contributed by atoms with Gasteiger partial charge in [0.05, 0.1) is 6.54 Å². The highest BCUT2D eigenvalue weighted by atomic mass is 19.1. The number of nitrogens with zero attached hydrogens (tertiary/aromatic N) is 2. The van der Waals surface area contributed by atoms with Gasteiger partial charge >= 0.3 is 0 Å². The van der Waals surface area contributed by atoms with Gasteiger partial charge in [0.15, 0.2) is 5.82 Å². The number of aryl methyl sites for hydroxylation is 1. The molecule has 2 unspecified atom stereocenters. The van der Waals surface area contributed by atoms with Crippen LogP contribution in [0.15, 0.2) is 4.52 Å². The fraction of sp³-hybridized carbons (Fsp3) is 0.778. The Hall–Kier alpha value is -0.970. The Morgan fingerprint density at radius 1 is 1.57 bits per heavy atom. The molecule has 0 spiro atoms. The molecule has 1 aromatic heterocycles. The maximum Gasteiger partial charge on any atom is 0.223 e. The molecule has 0 aliphatic heterocycles. The van der Waals surface area contributed by atoms with Crippen molar-refractivity contribution < 1.29 is 8.91 Å². The fourth-order valence-corrected chi connectivity index (χ4v) is 1.78. The van der Waals surface area contributed by atoms with Gasteiger partial charge in [-0.15, -0.1) is 0 Å². The van der Waals surface area contributed by atoms with Crippen LogP contribution >= 0.6 is 0 Å². The van der Waals surface area contributed by atoms with Gasteiger partial charge in [-0.05, 0) is 19.3 Å². The Kier molecular flexibility index (Phi) is 2.77. The third-order valence-electron chi connectivity index (χ3n) is 2.52. The molecule has 4 nitrogen and oxygen atoms in total. The summed E-state index contributed by atoms with van der Waals surface area (Å²) >= 11 is 0. The summed E-state index contributed by atoms with van der Waals surface area (Å²) in [6, 6.07) is -0.0335. The maximum absolute atomic E-state index is 13.2. The number of alkyl halides is 1. The number of halogens is 1. The van der Waals surface area contributed by atoms with Crippen molar-refractivity contribution in [2.24, 2.45) is 0 Å². The highest BCUT2D eigenvalue weighted by molar-refractivity contribution is 4.88. The third-order valence-corrected chi connectivity index (χ3v) is 2.52. The van der Waals surface area contributed by atoms with E-state index < -0.39 is 6.17 Å². The molecule has 5 heteroatoms. The Balaban J connectivity index is 1.82. The van der Waals surface area contributed by atoms with Gasteiger partial charge in [-0.3, -0.25) is 0 Å². The fourth-order valence-electron chi connectivity index (χ4n) is 1.78. The molecule has 0 radical (unpaired) electrons. The van der Waals surface area contributed by atoms with Gasteiger partial charge < -0.3 is 9.84 Å². The van der Waals surface area contributed by atoms with E-state index in [-0.39, 0.29) is 6.04 Å². The third kappa shape index (κ3) is 2.09. The summed E-state index contributed by atoms with van der Waals surface area (Å²) in [6.07, 6.45) is 1.81. The molecule has 1 saturated carbocycles. The van der Waals surface area contributed by atoms with Crippen molar-refractivity contribution in [2.45, 2.75) is 44.9 Å². The molecule has 78 valence electrons. The molecule has 2 atom stereocenters. The Bertz CT molecular complexity index is 302. The van der Waals surface area contributed by atoms with Crippen LogP contribution in [-0.2, 0) is 6.54 Å². The molecule has 0 aromatic carbocycles. The second-order valence-electron chi connectivity index (χ2n) is 3.66. The molecule has 0 amide bonds. The average Bonchev–Trinajstić information content (AvgIpc) is 2.72. The number of hydrogen-bond donors (Lipinski definition) is 1. The summed E-state index contributed by atoms with van der Waals surface area (Å²) in [7, 11) is 0. The monoisotopic (exact) mass is 199 g/mol. The Morgan fingerprint density at radius 2 is 2.43 bits per heavy atom. The smallest absolute Gasteiger partial charge is 0.223 e. The summed E-state index contributed by atoms with van der Waals surface area (Å²) in [5, 5.41) is 6.83. The number of nitrogens with one attached hydrogen (secondary N) is 1. The largest absolute Gasteiger partial charge is 0.340 e. The van der Waals surface area contributed by atoms with Crippen LogP contribution in [0.3, 0.4) is 0 Å². The van der Waals surface area contributed by atoms with Crippen molar-refractivity contribution in [3.63, 3.8) is 0 Å². The second-order valence-corrected chi connectivity index (χ2v) is 3.66. The molecule has 1 aromatic rings. The predicted octanol–water partition coefficient (Wildman–Crippen LogP) is 1.36. The minimum atomic E-state index is -0.719. The second kappa shape index (κ2) is 4.04. The number of rotatable bonds is 3. The topological polar surface area (TPSA) is 51.0 Å². The molecular weight excluding hydrogens is 185 g/mol. The first-order valence-electron chi connectivity index (χ1n) is 4.92. The SMILES string of the molecule is Cc1nc(CNC2CCCC2F)no1. The quantitative estimate of drug-likeness (QED) is 0.798. The van der Waals surface area contributed by atoms with Gasteiger partial charge in [0.2, 0.25) is 5.89 Å². The zero-order chi connectivity index (χ0) is 9.97.